The molecule has 1 aliphatic heterocycles. The van der Waals surface area contributed by atoms with Crippen LogP contribution in [0.3, 0.4) is 0 Å². The Morgan fingerprint density at radius 3 is 3.15 bits per heavy atom. The highest BCUT2D eigenvalue weighted by Crippen LogP contribution is 2.19. The highest BCUT2D eigenvalue weighted by atomic mass is 19.1. The van der Waals surface area contributed by atoms with Crippen LogP contribution in [0.2, 0.25) is 0 Å². The lowest BCUT2D eigenvalue weighted by Gasteiger charge is -2.31. The summed E-state index contributed by atoms with van der Waals surface area (Å²) in [6.07, 6.45) is 7.00. The van der Waals surface area contributed by atoms with E-state index in [0.717, 1.165) is 24.9 Å². The lowest BCUT2D eigenvalue weighted by molar-refractivity contribution is -0.126. The molecule has 1 aromatic carbocycles. The number of nitrogens with zero attached hydrogens (tertiary/aromatic N) is 1. The molecule has 0 aromatic heterocycles. The average molecular weight is 274 g/mol. The molecule has 0 saturated carbocycles. The lowest BCUT2D eigenvalue weighted by atomic mass is 9.96. The Bertz CT molecular complexity index is 509. The maximum absolute atomic E-state index is 13.2. The van der Waals surface area contributed by atoms with Gasteiger partial charge in [-0.3, -0.25) is 9.69 Å². The molecule has 0 bridgehead atoms. The molecule has 1 amide bonds. The van der Waals surface area contributed by atoms with Gasteiger partial charge in [-0.2, -0.15) is 0 Å². The van der Waals surface area contributed by atoms with Gasteiger partial charge >= 0.3 is 0 Å². The maximum Gasteiger partial charge on any atom is 0.225 e. The first-order valence-electron chi connectivity index (χ1n) is 6.87. The van der Waals surface area contributed by atoms with E-state index in [0.29, 0.717) is 13.1 Å². The summed E-state index contributed by atoms with van der Waals surface area (Å²) in [6.45, 7) is 2.60. The van der Waals surface area contributed by atoms with Gasteiger partial charge in [0.1, 0.15) is 5.82 Å². The highest BCUT2D eigenvalue weighted by Gasteiger charge is 2.25. The van der Waals surface area contributed by atoms with E-state index in [1.54, 1.807) is 12.1 Å². The highest BCUT2D eigenvalue weighted by molar-refractivity contribution is 5.79. The molecule has 1 saturated heterocycles. The van der Waals surface area contributed by atoms with Crippen molar-refractivity contribution in [1.29, 1.82) is 0 Å². The van der Waals surface area contributed by atoms with Crippen LogP contribution < -0.4 is 5.32 Å². The third-order valence-corrected chi connectivity index (χ3v) is 3.54. The van der Waals surface area contributed by atoms with Gasteiger partial charge in [0.15, 0.2) is 0 Å². The van der Waals surface area contributed by atoms with Gasteiger partial charge in [-0.05, 0) is 37.1 Å². The van der Waals surface area contributed by atoms with Crippen molar-refractivity contribution in [3.8, 4) is 12.3 Å². The van der Waals surface area contributed by atoms with Crippen molar-refractivity contribution in [2.75, 3.05) is 19.6 Å². The van der Waals surface area contributed by atoms with Gasteiger partial charge in [-0.15, -0.1) is 6.42 Å². The molecule has 1 atom stereocenters. The van der Waals surface area contributed by atoms with E-state index in [1.807, 2.05) is 6.07 Å². The number of carbonyl (C=O) groups is 1. The molecular weight excluding hydrogens is 255 g/mol. The van der Waals surface area contributed by atoms with Crippen molar-refractivity contribution >= 4 is 5.91 Å². The fraction of sp³-hybridized carbons (Fsp3) is 0.438. The monoisotopic (exact) mass is 274 g/mol. The molecule has 0 spiro atoms. The van der Waals surface area contributed by atoms with Gasteiger partial charge in [-0.25, -0.2) is 4.39 Å². The van der Waals surface area contributed by atoms with E-state index >= 15 is 0 Å². The number of carbonyl (C=O) groups excluding carboxylic acids is 1. The van der Waals surface area contributed by atoms with Crippen molar-refractivity contribution in [2.24, 2.45) is 5.92 Å². The number of rotatable bonds is 4. The first-order valence-corrected chi connectivity index (χ1v) is 6.87. The Morgan fingerprint density at radius 1 is 1.55 bits per heavy atom. The molecule has 20 heavy (non-hydrogen) atoms. The summed E-state index contributed by atoms with van der Waals surface area (Å²) in [5.74, 6) is 2.19. The van der Waals surface area contributed by atoms with Crippen LogP contribution in [0, 0.1) is 24.1 Å². The molecule has 1 N–H and O–H groups in total. The zero-order chi connectivity index (χ0) is 14.4. The second kappa shape index (κ2) is 7.06. The molecule has 2 rings (SSSR count). The van der Waals surface area contributed by atoms with Gasteiger partial charge in [-0.1, -0.05) is 18.1 Å². The summed E-state index contributed by atoms with van der Waals surface area (Å²) < 4.78 is 13.2. The van der Waals surface area contributed by atoms with E-state index < -0.39 is 0 Å². The Hall–Kier alpha value is -1.86. The number of terminal acetylenes is 1. The topological polar surface area (TPSA) is 32.3 Å². The lowest BCUT2D eigenvalue weighted by Crippen LogP contribution is -2.42. The third-order valence-electron chi connectivity index (χ3n) is 3.54. The predicted molar refractivity (Wildman–Crippen MR) is 76.2 cm³/mol. The molecule has 1 aromatic rings. The first-order chi connectivity index (χ1) is 9.69. The Kier molecular flexibility index (Phi) is 5.14. The molecule has 0 radical (unpaired) electrons. The van der Waals surface area contributed by atoms with Crippen molar-refractivity contribution in [3.63, 3.8) is 0 Å². The summed E-state index contributed by atoms with van der Waals surface area (Å²) in [4.78, 5) is 14.1. The quantitative estimate of drug-likeness (QED) is 0.849. The molecule has 3 nitrogen and oxygen atoms in total. The summed E-state index contributed by atoms with van der Waals surface area (Å²) in [6, 6.07) is 6.61. The zero-order valence-corrected chi connectivity index (χ0v) is 11.4. The van der Waals surface area contributed by atoms with Crippen LogP contribution in [0.5, 0.6) is 0 Å². The van der Waals surface area contributed by atoms with Crippen LogP contribution >= 0.6 is 0 Å². The van der Waals surface area contributed by atoms with Crippen molar-refractivity contribution < 1.29 is 9.18 Å². The maximum atomic E-state index is 13.2. The minimum Gasteiger partial charge on any atom is -0.345 e. The minimum absolute atomic E-state index is 0.0203. The minimum atomic E-state index is -0.220. The molecule has 106 valence electrons. The average Bonchev–Trinajstić information content (AvgIpc) is 2.45. The third kappa shape index (κ3) is 4.07. The number of hydrogen-bond donors (Lipinski definition) is 1. The number of piperidine rings is 1. The zero-order valence-electron chi connectivity index (χ0n) is 11.4. The van der Waals surface area contributed by atoms with Crippen LogP contribution in [-0.2, 0) is 11.3 Å². The summed E-state index contributed by atoms with van der Waals surface area (Å²) in [5, 5.41) is 2.73. The second-order valence-electron chi connectivity index (χ2n) is 5.13. The molecule has 1 fully saturated rings. The fourth-order valence-corrected chi connectivity index (χ4v) is 2.59. The number of benzene rings is 1. The van der Waals surface area contributed by atoms with Crippen LogP contribution in [-0.4, -0.2) is 30.4 Å². The van der Waals surface area contributed by atoms with Gasteiger partial charge in [0, 0.05) is 13.1 Å². The molecule has 0 aliphatic carbocycles. The van der Waals surface area contributed by atoms with Gasteiger partial charge in [0.05, 0.1) is 12.5 Å². The van der Waals surface area contributed by atoms with E-state index in [-0.39, 0.29) is 24.2 Å². The van der Waals surface area contributed by atoms with Crippen LogP contribution in [0.4, 0.5) is 4.39 Å². The Morgan fingerprint density at radius 2 is 2.40 bits per heavy atom. The molecule has 1 aliphatic rings. The van der Waals surface area contributed by atoms with Crippen LogP contribution in [0.1, 0.15) is 18.4 Å². The Labute approximate surface area is 119 Å². The van der Waals surface area contributed by atoms with E-state index in [1.165, 1.54) is 6.07 Å². The van der Waals surface area contributed by atoms with E-state index in [4.69, 9.17) is 6.42 Å². The number of amides is 1. The van der Waals surface area contributed by atoms with Gasteiger partial charge in [0.25, 0.3) is 0 Å². The van der Waals surface area contributed by atoms with Crippen molar-refractivity contribution in [3.05, 3.63) is 35.6 Å². The molecule has 0 unspecified atom stereocenters. The molecule has 1 heterocycles. The summed E-state index contributed by atoms with van der Waals surface area (Å²) in [5.41, 5.74) is 0.940. The van der Waals surface area contributed by atoms with Crippen molar-refractivity contribution in [2.45, 2.75) is 19.4 Å². The number of hydrogen-bond acceptors (Lipinski definition) is 2. The van der Waals surface area contributed by atoms with Crippen LogP contribution in [0.25, 0.3) is 0 Å². The number of likely N-dealkylation sites (tertiary alicyclic amines) is 1. The second-order valence-corrected chi connectivity index (χ2v) is 5.13. The smallest absolute Gasteiger partial charge is 0.225 e. The normalized spacial score (nSPS) is 19.3. The molecule has 4 heteroatoms. The number of halogens is 1. The predicted octanol–water partition coefficient (Wildman–Crippen LogP) is 1.79. The van der Waals surface area contributed by atoms with E-state index in [9.17, 15) is 9.18 Å². The largest absolute Gasteiger partial charge is 0.345 e. The number of nitrogens with one attached hydrogen (secondary N) is 1. The van der Waals surface area contributed by atoms with Gasteiger partial charge < -0.3 is 5.32 Å². The summed E-state index contributed by atoms with van der Waals surface area (Å²) >= 11 is 0. The SMILES string of the molecule is C#CCNC(=O)[C@@H]1CCCN(Cc2cccc(F)c2)C1. The van der Waals surface area contributed by atoms with Crippen molar-refractivity contribution in [1.82, 2.24) is 10.2 Å². The first kappa shape index (κ1) is 14.5. The van der Waals surface area contributed by atoms with Crippen LogP contribution in [0.15, 0.2) is 24.3 Å². The molecular formula is C16H19FN2O. The van der Waals surface area contributed by atoms with E-state index in [2.05, 4.69) is 16.1 Å². The standard InChI is InChI=1S/C16H19FN2O/c1-2-8-18-16(20)14-6-4-9-19(12-14)11-13-5-3-7-15(17)10-13/h1,3,5,7,10,14H,4,6,8-9,11-12H2,(H,18,20)/t14-/m1/s1. The summed E-state index contributed by atoms with van der Waals surface area (Å²) in [7, 11) is 0. The fourth-order valence-electron chi connectivity index (χ4n) is 2.59. The Balaban J connectivity index is 1.90. The van der Waals surface area contributed by atoms with Gasteiger partial charge in [0.2, 0.25) is 5.91 Å².